The van der Waals surface area contributed by atoms with Crippen molar-refractivity contribution in [3.05, 3.63) is 88.0 Å². The highest BCUT2D eigenvalue weighted by Crippen LogP contribution is 2.44. The molecule has 0 atom stereocenters. The van der Waals surface area contributed by atoms with Crippen LogP contribution in [0.1, 0.15) is 25.1 Å². The van der Waals surface area contributed by atoms with Gasteiger partial charge in [-0.15, -0.1) is 0 Å². The molecule has 3 aromatic carbocycles. The number of alkyl halides is 3. The highest BCUT2D eigenvalue weighted by atomic mass is 35.5. The van der Waals surface area contributed by atoms with Crippen LogP contribution in [-0.2, 0) is 21.6 Å². The lowest BCUT2D eigenvalue weighted by molar-refractivity contribution is -0.137. The van der Waals surface area contributed by atoms with Crippen molar-refractivity contribution >= 4 is 33.0 Å². The molecule has 4 rings (SSSR count). The Bertz CT molecular complexity index is 1610. The first-order valence-corrected chi connectivity index (χ1v) is 13.5. The minimum atomic E-state index is -4.68. The van der Waals surface area contributed by atoms with Gasteiger partial charge in [-0.3, -0.25) is 0 Å². The molecule has 0 fully saturated rings. The third-order valence-electron chi connectivity index (χ3n) is 5.67. The lowest BCUT2D eigenvalue weighted by Crippen LogP contribution is -2.17. The molecule has 0 aliphatic carbocycles. The lowest BCUT2D eigenvalue weighted by Gasteiger charge is -2.16. The number of hydrogen-bond donors (Lipinski definition) is 1. The summed E-state index contributed by atoms with van der Waals surface area (Å²) in [6.45, 7) is 2.84. The predicted octanol–water partition coefficient (Wildman–Crippen LogP) is 7.16. The van der Waals surface area contributed by atoms with Gasteiger partial charge in [0.2, 0.25) is 0 Å². The first-order chi connectivity index (χ1) is 17.1. The first kappa shape index (κ1) is 27.2. The zero-order valence-corrected chi connectivity index (χ0v) is 22.1. The van der Waals surface area contributed by atoms with Crippen molar-refractivity contribution in [1.82, 2.24) is 9.78 Å². The van der Waals surface area contributed by atoms with Crippen LogP contribution in [0, 0.1) is 0 Å². The molecule has 0 saturated heterocycles. The van der Waals surface area contributed by atoms with Crippen LogP contribution in [0.4, 0.5) is 13.2 Å². The van der Waals surface area contributed by atoms with Gasteiger partial charge in [0.25, 0.3) is 0 Å². The van der Waals surface area contributed by atoms with E-state index in [2.05, 4.69) is 5.10 Å². The van der Waals surface area contributed by atoms with E-state index in [-0.39, 0.29) is 37.6 Å². The first-order valence-electron chi connectivity index (χ1n) is 10.9. The van der Waals surface area contributed by atoms with Gasteiger partial charge in [-0.1, -0.05) is 59.6 Å². The quantitative estimate of drug-likeness (QED) is 0.277. The second-order valence-electron chi connectivity index (χ2n) is 8.99. The van der Waals surface area contributed by atoms with E-state index < -0.39 is 27.2 Å². The van der Waals surface area contributed by atoms with Crippen molar-refractivity contribution in [2.24, 2.45) is 0 Å². The van der Waals surface area contributed by atoms with E-state index in [0.29, 0.717) is 11.1 Å². The number of aromatic nitrogens is 2. The summed E-state index contributed by atoms with van der Waals surface area (Å²) in [6, 6.07) is 15.9. The maximum atomic E-state index is 13.9. The van der Waals surface area contributed by atoms with Crippen LogP contribution >= 0.6 is 23.2 Å². The maximum Gasteiger partial charge on any atom is 0.417 e. The summed E-state index contributed by atoms with van der Waals surface area (Å²) in [6.07, 6.45) is -3.58. The van der Waals surface area contributed by atoms with Crippen molar-refractivity contribution in [3.8, 4) is 28.1 Å². The van der Waals surface area contributed by atoms with Crippen LogP contribution in [0.15, 0.2) is 71.6 Å². The van der Waals surface area contributed by atoms with E-state index in [1.165, 1.54) is 48.9 Å². The SMILES string of the molecule is CC(C)(O)c1nn(-c2ccc(-c3cccc(S(C)(=O)=O)c3)cc2Cl)c(-c2ccccc2C(F)(F)F)c1Cl. The zero-order valence-electron chi connectivity index (χ0n) is 19.8. The Balaban J connectivity index is 1.94. The molecule has 0 aliphatic heterocycles. The average molecular weight is 569 g/mol. The number of nitrogens with zero attached hydrogens (tertiary/aromatic N) is 2. The zero-order chi connectivity index (χ0) is 27.3. The van der Waals surface area contributed by atoms with E-state index in [1.807, 2.05) is 0 Å². The molecule has 1 aromatic heterocycles. The fourth-order valence-electron chi connectivity index (χ4n) is 3.90. The third-order valence-corrected chi connectivity index (χ3v) is 7.44. The van der Waals surface area contributed by atoms with E-state index in [1.54, 1.807) is 30.3 Å². The highest BCUT2D eigenvalue weighted by Gasteiger charge is 2.37. The molecule has 4 aromatic rings. The molecule has 1 heterocycles. The average Bonchev–Trinajstić information content (AvgIpc) is 3.15. The Morgan fingerprint density at radius 2 is 1.57 bits per heavy atom. The second-order valence-corrected chi connectivity index (χ2v) is 11.8. The lowest BCUT2D eigenvalue weighted by atomic mass is 10.0. The summed E-state index contributed by atoms with van der Waals surface area (Å²) >= 11 is 13.2. The number of benzene rings is 3. The maximum absolute atomic E-state index is 13.9. The molecule has 1 N–H and O–H groups in total. The van der Waals surface area contributed by atoms with Crippen LogP contribution in [0.3, 0.4) is 0 Å². The monoisotopic (exact) mass is 568 g/mol. The van der Waals surface area contributed by atoms with Gasteiger partial charge >= 0.3 is 6.18 Å². The van der Waals surface area contributed by atoms with Crippen LogP contribution in [0.2, 0.25) is 10.0 Å². The summed E-state index contributed by atoms with van der Waals surface area (Å²) in [7, 11) is -3.44. The van der Waals surface area contributed by atoms with Crippen molar-refractivity contribution in [2.75, 3.05) is 6.26 Å². The smallest absolute Gasteiger partial charge is 0.384 e. The molecule has 37 heavy (non-hydrogen) atoms. The highest BCUT2D eigenvalue weighted by molar-refractivity contribution is 7.90. The van der Waals surface area contributed by atoms with Gasteiger partial charge in [-0.2, -0.15) is 18.3 Å². The summed E-state index contributed by atoms with van der Waals surface area (Å²) in [5, 5.41) is 15.0. The van der Waals surface area contributed by atoms with Crippen molar-refractivity contribution in [3.63, 3.8) is 0 Å². The van der Waals surface area contributed by atoms with Gasteiger partial charge in [0.15, 0.2) is 9.84 Å². The van der Waals surface area contributed by atoms with Crippen LogP contribution in [0.25, 0.3) is 28.1 Å². The molecule has 194 valence electrons. The molecule has 0 radical (unpaired) electrons. The number of aliphatic hydroxyl groups is 1. The normalized spacial score (nSPS) is 12.7. The van der Waals surface area contributed by atoms with Crippen molar-refractivity contribution in [1.29, 1.82) is 0 Å². The summed E-state index contributed by atoms with van der Waals surface area (Å²) in [5.74, 6) is 0. The van der Waals surface area contributed by atoms with E-state index in [0.717, 1.165) is 12.3 Å². The summed E-state index contributed by atoms with van der Waals surface area (Å²) < 4.78 is 66.8. The third kappa shape index (κ3) is 5.40. The van der Waals surface area contributed by atoms with Crippen molar-refractivity contribution < 1.29 is 26.7 Å². The minimum absolute atomic E-state index is 0.0258. The Morgan fingerprint density at radius 3 is 2.16 bits per heavy atom. The molecule has 5 nitrogen and oxygen atoms in total. The standard InChI is InChI=1S/C26H21Cl2F3N2O3S/c1-25(2,34)24-22(28)23(18-9-4-5-10-19(18)26(29,30)31)33(32-24)21-12-11-16(14-20(21)27)15-7-6-8-17(13-15)37(3,35)36/h4-14,34H,1-3H3. The molecular weight excluding hydrogens is 548 g/mol. The topological polar surface area (TPSA) is 72.2 Å². The van der Waals surface area contributed by atoms with Gasteiger partial charge in [0, 0.05) is 11.8 Å². The molecule has 0 spiro atoms. The minimum Gasteiger partial charge on any atom is -0.384 e. The Hall–Kier alpha value is -2.85. The fraction of sp³-hybridized carbons (Fsp3) is 0.192. The predicted molar refractivity (Wildman–Crippen MR) is 138 cm³/mol. The number of halogens is 5. The van der Waals surface area contributed by atoms with E-state index >= 15 is 0 Å². The Morgan fingerprint density at radius 1 is 0.919 bits per heavy atom. The Kier molecular flexibility index (Phi) is 6.96. The van der Waals surface area contributed by atoms with Gasteiger partial charge in [0.05, 0.1) is 31.9 Å². The van der Waals surface area contributed by atoms with E-state index in [4.69, 9.17) is 23.2 Å². The molecule has 0 bridgehead atoms. The molecule has 0 amide bonds. The van der Waals surface area contributed by atoms with Crippen LogP contribution in [0.5, 0.6) is 0 Å². The van der Waals surface area contributed by atoms with E-state index in [9.17, 15) is 26.7 Å². The van der Waals surface area contributed by atoms with Gasteiger partial charge < -0.3 is 5.11 Å². The largest absolute Gasteiger partial charge is 0.417 e. The van der Waals surface area contributed by atoms with Gasteiger partial charge in [0.1, 0.15) is 11.3 Å². The van der Waals surface area contributed by atoms with Gasteiger partial charge in [-0.05, 0) is 55.3 Å². The second kappa shape index (κ2) is 9.47. The molecule has 0 aliphatic rings. The number of sulfone groups is 1. The molecule has 0 unspecified atom stereocenters. The van der Waals surface area contributed by atoms with Crippen molar-refractivity contribution in [2.45, 2.75) is 30.5 Å². The summed E-state index contributed by atoms with van der Waals surface area (Å²) in [4.78, 5) is 0.130. The summed E-state index contributed by atoms with van der Waals surface area (Å²) in [5.41, 5.74) is -1.46. The van der Waals surface area contributed by atoms with Gasteiger partial charge in [-0.25, -0.2) is 13.1 Å². The molecular formula is C26H21Cl2F3N2O3S. The molecule has 0 saturated carbocycles. The number of rotatable bonds is 5. The van der Waals surface area contributed by atoms with Crippen LogP contribution < -0.4 is 0 Å². The molecule has 11 heteroatoms. The van der Waals surface area contributed by atoms with Crippen LogP contribution in [-0.4, -0.2) is 29.6 Å². The Labute approximate surface area is 222 Å². The number of hydrogen-bond acceptors (Lipinski definition) is 4. The fourth-order valence-corrected chi connectivity index (χ4v) is 5.28.